The fourth-order valence-electron chi connectivity index (χ4n) is 5.03. The van der Waals surface area contributed by atoms with Crippen LogP contribution in [0.4, 0.5) is 5.82 Å². The summed E-state index contributed by atoms with van der Waals surface area (Å²) in [6.07, 6.45) is 5.80. The van der Waals surface area contributed by atoms with E-state index in [2.05, 4.69) is 26.8 Å². The maximum Gasteiger partial charge on any atom is 0.208 e. The van der Waals surface area contributed by atoms with E-state index in [1.165, 1.54) is 17.7 Å². The van der Waals surface area contributed by atoms with E-state index in [0.717, 1.165) is 65.7 Å². The van der Waals surface area contributed by atoms with Crippen molar-refractivity contribution < 1.29 is 13.7 Å². The molecule has 37 heavy (non-hydrogen) atoms. The quantitative estimate of drug-likeness (QED) is 0.225. The summed E-state index contributed by atoms with van der Waals surface area (Å²) in [5.41, 5.74) is 3.65. The highest BCUT2D eigenvalue weighted by molar-refractivity contribution is 7.92. The molecule has 0 bridgehead atoms. The number of carbonyl (C=O) groups excluding carboxylic acids is 1. The highest BCUT2D eigenvalue weighted by atomic mass is 32.2. The number of ketones is 1. The molecule has 3 aromatic heterocycles. The number of nitrogens with zero attached hydrogens (tertiary/aromatic N) is 4. The number of imidazole rings is 1. The van der Waals surface area contributed by atoms with Crippen LogP contribution in [0.2, 0.25) is 0 Å². The molecule has 0 saturated heterocycles. The molecular formula is C26H36N6O3S2. The number of ether oxygens (including phenoxy) is 1. The third kappa shape index (κ3) is 5.91. The van der Waals surface area contributed by atoms with Gasteiger partial charge in [-0.3, -0.25) is 9.93 Å². The van der Waals surface area contributed by atoms with Crippen molar-refractivity contribution >= 4 is 35.2 Å². The van der Waals surface area contributed by atoms with Gasteiger partial charge in [0.1, 0.15) is 24.1 Å². The highest BCUT2D eigenvalue weighted by Crippen LogP contribution is 2.37. The third-order valence-corrected chi connectivity index (χ3v) is 8.33. The Morgan fingerprint density at radius 3 is 2.92 bits per heavy atom. The van der Waals surface area contributed by atoms with Crippen molar-refractivity contribution in [1.29, 1.82) is 0 Å². The third-order valence-electron chi connectivity index (χ3n) is 6.99. The summed E-state index contributed by atoms with van der Waals surface area (Å²) in [4.78, 5) is 28.6. The first kappa shape index (κ1) is 27.7. The van der Waals surface area contributed by atoms with Gasteiger partial charge in [-0.05, 0) is 52.0 Å². The zero-order valence-electron chi connectivity index (χ0n) is 22.1. The second kappa shape index (κ2) is 12.5. The Kier molecular flexibility index (Phi) is 9.36. The molecule has 3 atom stereocenters. The van der Waals surface area contributed by atoms with Crippen molar-refractivity contribution in [1.82, 2.24) is 19.5 Å². The van der Waals surface area contributed by atoms with Gasteiger partial charge in [-0.1, -0.05) is 13.8 Å². The summed E-state index contributed by atoms with van der Waals surface area (Å²) in [5, 5.41) is 8.85. The van der Waals surface area contributed by atoms with Gasteiger partial charge in [0, 0.05) is 34.9 Å². The summed E-state index contributed by atoms with van der Waals surface area (Å²) in [6, 6.07) is 2.18. The normalized spacial score (nSPS) is 20.8. The first-order valence-corrected chi connectivity index (χ1v) is 14.4. The van der Waals surface area contributed by atoms with E-state index in [-0.39, 0.29) is 17.9 Å². The highest BCUT2D eigenvalue weighted by Gasteiger charge is 2.31. The van der Waals surface area contributed by atoms with E-state index in [9.17, 15) is 4.79 Å². The molecule has 11 heteroatoms. The Bertz CT molecular complexity index is 1230. The van der Waals surface area contributed by atoms with Crippen LogP contribution in [-0.2, 0) is 15.5 Å². The molecule has 0 amide bonds. The molecule has 9 nitrogen and oxygen atoms in total. The first-order valence-electron chi connectivity index (χ1n) is 12.8. The van der Waals surface area contributed by atoms with Gasteiger partial charge in [0.05, 0.1) is 41.6 Å². The molecule has 1 fully saturated rings. The Morgan fingerprint density at radius 1 is 1.32 bits per heavy atom. The van der Waals surface area contributed by atoms with Gasteiger partial charge in [-0.25, -0.2) is 15.0 Å². The van der Waals surface area contributed by atoms with Gasteiger partial charge in [0.2, 0.25) is 5.78 Å². The van der Waals surface area contributed by atoms with Crippen LogP contribution < -0.4 is 10.5 Å². The second-order valence-corrected chi connectivity index (χ2v) is 10.9. The van der Waals surface area contributed by atoms with Crippen molar-refractivity contribution in [3.05, 3.63) is 56.7 Å². The molecule has 5 rings (SSSR count). The molecule has 3 N–H and O–H groups in total. The van der Waals surface area contributed by atoms with Gasteiger partial charge in [-0.2, -0.15) is 0 Å². The van der Waals surface area contributed by atoms with Gasteiger partial charge in [0.25, 0.3) is 0 Å². The summed E-state index contributed by atoms with van der Waals surface area (Å²) >= 11 is 2.39. The Morgan fingerprint density at radius 2 is 2.14 bits per heavy atom. The average Bonchev–Trinajstić information content (AvgIpc) is 3.61. The summed E-state index contributed by atoms with van der Waals surface area (Å²) < 4.78 is 13.7. The predicted molar refractivity (Wildman–Crippen MR) is 148 cm³/mol. The molecule has 1 aliphatic heterocycles. The minimum absolute atomic E-state index is 0.0867. The summed E-state index contributed by atoms with van der Waals surface area (Å²) in [5.74, 6) is 1.84. The van der Waals surface area contributed by atoms with Crippen LogP contribution in [0.5, 0.6) is 0 Å². The van der Waals surface area contributed by atoms with Crippen molar-refractivity contribution in [2.75, 3.05) is 18.5 Å². The number of nitrogens with two attached hydrogens (primary N) is 1. The number of fused-ring (bicyclic) bond motifs is 1. The van der Waals surface area contributed by atoms with Crippen LogP contribution in [-0.4, -0.2) is 44.6 Å². The van der Waals surface area contributed by atoms with Crippen LogP contribution in [0, 0.1) is 26.7 Å². The number of anilines is 1. The molecule has 0 spiro atoms. The van der Waals surface area contributed by atoms with Crippen molar-refractivity contribution in [3.8, 4) is 0 Å². The van der Waals surface area contributed by atoms with E-state index in [1.807, 2.05) is 33.8 Å². The number of carbonyl (C=O) groups is 1. The Labute approximate surface area is 226 Å². The van der Waals surface area contributed by atoms with Gasteiger partial charge in [0.15, 0.2) is 0 Å². The van der Waals surface area contributed by atoms with Crippen LogP contribution in [0.25, 0.3) is 0 Å². The molecule has 2 aliphatic rings. The summed E-state index contributed by atoms with van der Waals surface area (Å²) in [7, 11) is 0. The lowest BCUT2D eigenvalue weighted by Gasteiger charge is -2.25. The number of thiophene rings is 1. The molecule has 3 unspecified atom stereocenters. The summed E-state index contributed by atoms with van der Waals surface area (Å²) in [6.45, 7) is 12.2. The monoisotopic (exact) mass is 544 g/mol. The van der Waals surface area contributed by atoms with E-state index < -0.39 is 0 Å². The lowest BCUT2D eigenvalue weighted by molar-refractivity contribution is 0.0423. The number of rotatable bonds is 8. The Balaban J connectivity index is 0.00000156. The fraction of sp³-hybridized carbons (Fsp3) is 0.538. The van der Waals surface area contributed by atoms with Crippen LogP contribution in [0.15, 0.2) is 18.6 Å². The fourth-order valence-corrected chi connectivity index (χ4v) is 6.30. The topological polar surface area (TPSA) is 117 Å². The molecule has 1 aliphatic carbocycles. The standard InChI is InChI=1S/C24H30N6O3S2.C2H6/c1-13-14(2)30-6-7-32-22(24(30)28-13)18-9-20(34-15(18)3)21(31)19-10-26-12-27-23(19)29-17-5-4-16(8-17)11-33-35-25;1-2/h9-10,12,16-17,22H,4-8,11,25H2,1-3H3,(H,26,27,29);1-2H3. The molecular weight excluding hydrogens is 508 g/mol. The van der Waals surface area contributed by atoms with Crippen molar-refractivity contribution in [2.45, 2.75) is 72.6 Å². The van der Waals surface area contributed by atoms with E-state index in [4.69, 9.17) is 19.0 Å². The molecule has 4 heterocycles. The number of nitrogens with one attached hydrogen (secondary N) is 1. The van der Waals surface area contributed by atoms with Crippen LogP contribution in [0.1, 0.15) is 82.1 Å². The molecule has 0 radical (unpaired) electrons. The van der Waals surface area contributed by atoms with Crippen molar-refractivity contribution in [2.24, 2.45) is 11.1 Å². The van der Waals surface area contributed by atoms with E-state index >= 15 is 0 Å². The average molecular weight is 545 g/mol. The molecule has 200 valence electrons. The lowest BCUT2D eigenvalue weighted by Crippen LogP contribution is -2.23. The lowest BCUT2D eigenvalue weighted by atomic mass is 10.1. The van der Waals surface area contributed by atoms with Gasteiger partial charge >= 0.3 is 0 Å². The zero-order valence-corrected chi connectivity index (χ0v) is 23.7. The second-order valence-electron chi connectivity index (χ2n) is 9.18. The number of hydrogen-bond donors (Lipinski definition) is 2. The first-order chi connectivity index (χ1) is 18.0. The van der Waals surface area contributed by atoms with E-state index in [1.54, 1.807) is 6.20 Å². The smallest absolute Gasteiger partial charge is 0.208 e. The maximum atomic E-state index is 13.6. The number of hydrogen-bond acceptors (Lipinski definition) is 10. The predicted octanol–water partition coefficient (Wildman–Crippen LogP) is 5.16. The van der Waals surface area contributed by atoms with Crippen molar-refractivity contribution in [3.63, 3.8) is 0 Å². The minimum atomic E-state index is -0.275. The van der Waals surface area contributed by atoms with Crippen LogP contribution in [0.3, 0.4) is 0 Å². The zero-order chi connectivity index (χ0) is 26.5. The Hall–Kier alpha value is -2.31. The largest absolute Gasteiger partial charge is 0.367 e. The minimum Gasteiger partial charge on any atom is -0.367 e. The maximum absolute atomic E-state index is 13.6. The molecule has 1 saturated carbocycles. The van der Waals surface area contributed by atoms with E-state index in [0.29, 0.717) is 35.4 Å². The SMILES string of the molecule is CC.Cc1nc2n(c1C)CCOC2c1cc(C(=O)c2cncnc2NC2CCC(COSN)C2)sc1C. The molecule has 0 aromatic carbocycles. The van der Waals surface area contributed by atoms with Gasteiger partial charge < -0.3 is 18.8 Å². The number of aromatic nitrogens is 4. The molecule has 3 aromatic rings. The van der Waals surface area contributed by atoms with Crippen LogP contribution >= 0.6 is 23.6 Å². The van der Waals surface area contributed by atoms with Gasteiger partial charge in [-0.15, -0.1) is 11.3 Å². The number of aryl methyl sites for hydroxylation is 2.